The van der Waals surface area contributed by atoms with Gasteiger partial charge in [-0.05, 0) is 16.8 Å². The first kappa shape index (κ1) is 13.2. The first-order valence-corrected chi connectivity index (χ1v) is 6.58. The second-order valence-electron chi connectivity index (χ2n) is 4.84. The van der Waals surface area contributed by atoms with Crippen LogP contribution in [0, 0.1) is 0 Å². The third-order valence-electron chi connectivity index (χ3n) is 3.35. The van der Waals surface area contributed by atoms with Crippen molar-refractivity contribution in [1.82, 2.24) is 5.32 Å². The minimum Gasteiger partial charge on any atom is -0.464 e. The lowest BCUT2D eigenvalue weighted by atomic mass is 10.0. The average molecular weight is 282 g/mol. The molecule has 0 fully saturated rings. The summed E-state index contributed by atoms with van der Waals surface area (Å²) in [6.07, 6.45) is 1.73. The summed E-state index contributed by atoms with van der Waals surface area (Å²) in [7, 11) is 0. The molecular formula is C16H14N2O3. The van der Waals surface area contributed by atoms with Crippen LogP contribution in [0.2, 0.25) is 0 Å². The van der Waals surface area contributed by atoms with E-state index < -0.39 is 5.91 Å². The molecule has 5 nitrogen and oxygen atoms in total. The van der Waals surface area contributed by atoms with Crippen molar-refractivity contribution in [2.45, 2.75) is 6.42 Å². The zero-order valence-corrected chi connectivity index (χ0v) is 11.3. The van der Waals surface area contributed by atoms with Gasteiger partial charge in [-0.2, -0.15) is 0 Å². The van der Waals surface area contributed by atoms with Crippen LogP contribution in [0.5, 0.6) is 0 Å². The van der Waals surface area contributed by atoms with Gasteiger partial charge >= 0.3 is 0 Å². The smallest absolute Gasteiger partial charge is 0.236 e. The highest BCUT2D eigenvalue weighted by atomic mass is 16.3. The van der Waals surface area contributed by atoms with Crippen LogP contribution in [0.1, 0.15) is 5.56 Å². The highest BCUT2D eigenvalue weighted by Crippen LogP contribution is 2.29. The fourth-order valence-electron chi connectivity index (χ4n) is 2.43. The molecule has 0 aliphatic heterocycles. The molecule has 0 saturated heterocycles. The predicted octanol–water partition coefficient (Wildman–Crippen LogP) is 1.73. The van der Waals surface area contributed by atoms with Crippen molar-refractivity contribution in [3.63, 3.8) is 0 Å². The molecule has 2 aromatic carbocycles. The largest absolute Gasteiger partial charge is 0.464 e. The lowest BCUT2D eigenvalue weighted by molar-refractivity contribution is -0.124. The molecule has 0 radical (unpaired) electrons. The molecule has 0 spiro atoms. The van der Waals surface area contributed by atoms with Crippen LogP contribution < -0.4 is 11.1 Å². The molecule has 0 bridgehead atoms. The van der Waals surface area contributed by atoms with E-state index in [0.29, 0.717) is 0 Å². The van der Waals surface area contributed by atoms with Crippen LogP contribution in [0.25, 0.3) is 21.7 Å². The quantitative estimate of drug-likeness (QED) is 0.764. The van der Waals surface area contributed by atoms with Gasteiger partial charge in [0.25, 0.3) is 0 Å². The van der Waals surface area contributed by atoms with Gasteiger partial charge in [0, 0.05) is 10.9 Å². The number of furan rings is 1. The fourth-order valence-corrected chi connectivity index (χ4v) is 2.43. The molecule has 5 heteroatoms. The Morgan fingerprint density at radius 1 is 1.14 bits per heavy atom. The second-order valence-corrected chi connectivity index (χ2v) is 4.84. The van der Waals surface area contributed by atoms with Gasteiger partial charge in [0.05, 0.1) is 19.2 Å². The number of carbonyl (C=O) groups is 2. The number of nitrogens with two attached hydrogens (primary N) is 1. The van der Waals surface area contributed by atoms with Gasteiger partial charge in [-0.25, -0.2) is 0 Å². The summed E-state index contributed by atoms with van der Waals surface area (Å²) in [6, 6.07) is 11.8. The summed E-state index contributed by atoms with van der Waals surface area (Å²) < 4.78 is 5.51. The van der Waals surface area contributed by atoms with E-state index in [2.05, 4.69) is 5.32 Å². The molecule has 0 aliphatic carbocycles. The minimum absolute atomic E-state index is 0.147. The first-order chi connectivity index (χ1) is 10.1. The maximum Gasteiger partial charge on any atom is 0.236 e. The molecule has 3 aromatic rings. The molecule has 3 rings (SSSR count). The Morgan fingerprint density at radius 2 is 1.95 bits per heavy atom. The molecule has 21 heavy (non-hydrogen) atoms. The lowest BCUT2D eigenvalue weighted by Crippen LogP contribution is -2.34. The van der Waals surface area contributed by atoms with E-state index in [1.165, 1.54) is 0 Å². The van der Waals surface area contributed by atoms with Crippen LogP contribution in [0.4, 0.5) is 0 Å². The third kappa shape index (κ3) is 2.58. The van der Waals surface area contributed by atoms with E-state index in [9.17, 15) is 9.59 Å². The number of carbonyl (C=O) groups excluding carboxylic acids is 2. The number of fused-ring (bicyclic) bond motifs is 3. The number of primary amides is 1. The van der Waals surface area contributed by atoms with E-state index >= 15 is 0 Å². The van der Waals surface area contributed by atoms with Crippen LogP contribution >= 0.6 is 0 Å². The Hall–Kier alpha value is -2.82. The summed E-state index contributed by atoms with van der Waals surface area (Å²) in [4.78, 5) is 22.5. The molecule has 106 valence electrons. The van der Waals surface area contributed by atoms with E-state index in [4.69, 9.17) is 10.2 Å². The van der Waals surface area contributed by atoms with Crippen molar-refractivity contribution in [3.8, 4) is 0 Å². The SMILES string of the molecule is NC(=O)CNC(=O)Cc1coc2ccc3ccccc3c12. The van der Waals surface area contributed by atoms with E-state index in [1.54, 1.807) is 6.26 Å². The lowest BCUT2D eigenvalue weighted by Gasteiger charge is -2.03. The zero-order chi connectivity index (χ0) is 14.8. The monoisotopic (exact) mass is 282 g/mol. The number of rotatable bonds is 4. The molecule has 2 amide bonds. The van der Waals surface area contributed by atoms with Crippen molar-refractivity contribution in [1.29, 1.82) is 0 Å². The minimum atomic E-state index is -0.564. The summed E-state index contributed by atoms with van der Waals surface area (Å²) in [5.41, 5.74) is 6.54. The Morgan fingerprint density at radius 3 is 2.76 bits per heavy atom. The van der Waals surface area contributed by atoms with Gasteiger partial charge in [-0.15, -0.1) is 0 Å². The summed E-state index contributed by atoms with van der Waals surface area (Å²) in [6.45, 7) is -0.157. The van der Waals surface area contributed by atoms with Crippen molar-refractivity contribution in [3.05, 3.63) is 48.2 Å². The highest BCUT2D eigenvalue weighted by molar-refractivity contribution is 6.08. The second kappa shape index (κ2) is 5.28. The average Bonchev–Trinajstić information content (AvgIpc) is 2.88. The van der Waals surface area contributed by atoms with Crippen LogP contribution in [0.3, 0.4) is 0 Å². The van der Waals surface area contributed by atoms with Crippen molar-refractivity contribution >= 4 is 33.6 Å². The molecule has 0 atom stereocenters. The first-order valence-electron chi connectivity index (χ1n) is 6.58. The number of hydrogen-bond donors (Lipinski definition) is 2. The molecule has 1 heterocycles. The highest BCUT2D eigenvalue weighted by Gasteiger charge is 2.13. The fraction of sp³-hybridized carbons (Fsp3) is 0.125. The van der Waals surface area contributed by atoms with E-state index in [0.717, 1.165) is 27.3 Å². The van der Waals surface area contributed by atoms with Gasteiger partial charge in [-0.3, -0.25) is 9.59 Å². The molecule has 0 unspecified atom stereocenters. The molecule has 0 saturated carbocycles. The van der Waals surface area contributed by atoms with Gasteiger partial charge in [0.1, 0.15) is 5.58 Å². The van der Waals surface area contributed by atoms with Crippen molar-refractivity contribution < 1.29 is 14.0 Å². The molecule has 1 aromatic heterocycles. The summed E-state index contributed by atoms with van der Waals surface area (Å²) in [5.74, 6) is -0.824. The van der Waals surface area contributed by atoms with E-state index in [-0.39, 0.29) is 18.9 Å². The van der Waals surface area contributed by atoms with Crippen LogP contribution in [-0.2, 0) is 16.0 Å². The zero-order valence-electron chi connectivity index (χ0n) is 11.3. The molecule has 0 aliphatic rings. The predicted molar refractivity (Wildman–Crippen MR) is 79.6 cm³/mol. The number of hydrogen-bond acceptors (Lipinski definition) is 3. The number of nitrogens with one attached hydrogen (secondary N) is 1. The molecule has 3 N–H and O–H groups in total. The van der Waals surface area contributed by atoms with Gasteiger partial charge < -0.3 is 15.5 Å². The number of amides is 2. The summed E-state index contributed by atoms with van der Waals surface area (Å²) in [5, 5.41) is 5.54. The van der Waals surface area contributed by atoms with E-state index in [1.807, 2.05) is 36.4 Å². The van der Waals surface area contributed by atoms with Gasteiger partial charge in [-0.1, -0.05) is 30.3 Å². The Balaban J connectivity index is 1.97. The molecular weight excluding hydrogens is 268 g/mol. The standard InChI is InChI=1S/C16H14N2O3/c17-14(19)8-18-15(20)7-11-9-21-13-6-5-10-3-1-2-4-12(10)16(11)13/h1-6,9H,7-8H2,(H2,17,19)(H,18,20). The number of benzene rings is 2. The normalized spacial score (nSPS) is 10.9. The van der Waals surface area contributed by atoms with Gasteiger partial charge in [0.15, 0.2) is 0 Å². The van der Waals surface area contributed by atoms with Gasteiger partial charge in [0.2, 0.25) is 11.8 Å². The van der Waals surface area contributed by atoms with Crippen molar-refractivity contribution in [2.24, 2.45) is 5.73 Å². The Kier molecular flexibility index (Phi) is 3.31. The maximum absolute atomic E-state index is 11.8. The Bertz CT molecular complexity index is 836. The summed E-state index contributed by atoms with van der Waals surface area (Å²) >= 11 is 0. The Labute approximate surface area is 120 Å². The van der Waals surface area contributed by atoms with Crippen LogP contribution in [0.15, 0.2) is 47.1 Å². The van der Waals surface area contributed by atoms with Crippen molar-refractivity contribution in [2.75, 3.05) is 6.54 Å². The van der Waals surface area contributed by atoms with Crippen LogP contribution in [-0.4, -0.2) is 18.4 Å². The third-order valence-corrected chi connectivity index (χ3v) is 3.35. The maximum atomic E-state index is 11.8. The topological polar surface area (TPSA) is 85.3 Å².